The highest BCUT2D eigenvalue weighted by molar-refractivity contribution is 5.88. The Morgan fingerprint density at radius 1 is 1.58 bits per heavy atom. The van der Waals surface area contributed by atoms with Crippen LogP contribution in [0.1, 0.15) is 36.3 Å². The maximum absolute atomic E-state index is 10.8. The van der Waals surface area contributed by atoms with Crippen molar-refractivity contribution in [2.24, 2.45) is 0 Å². The Morgan fingerprint density at radius 3 is 2.79 bits per heavy atom. The summed E-state index contributed by atoms with van der Waals surface area (Å²) in [6, 6.07) is 0.541. The second kappa shape index (κ2) is 7.04. The first-order valence-corrected chi connectivity index (χ1v) is 6.46. The van der Waals surface area contributed by atoms with Gasteiger partial charge in [-0.1, -0.05) is 6.92 Å². The molecule has 1 rings (SSSR count). The molecule has 106 valence electrons. The second-order valence-electron chi connectivity index (χ2n) is 4.66. The van der Waals surface area contributed by atoms with Gasteiger partial charge in [-0.25, -0.2) is 14.8 Å². The van der Waals surface area contributed by atoms with E-state index in [2.05, 4.69) is 41.1 Å². The molecule has 0 aliphatic heterocycles. The topological polar surface area (TPSA) is 78.4 Å². The van der Waals surface area contributed by atoms with E-state index in [-0.39, 0.29) is 5.56 Å². The summed E-state index contributed by atoms with van der Waals surface area (Å²) in [6.07, 6.45) is 2.45. The monoisotopic (exact) mass is 266 g/mol. The van der Waals surface area contributed by atoms with E-state index in [0.717, 1.165) is 19.5 Å². The molecule has 0 spiro atoms. The Balaban J connectivity index is 2.51. The number of aryl methyl sites for hydroxylation is 1. The van der Waals surface area contributed by atoms with Crippen molar-refractivity contribution in [1.82, 2.24) is 14.9 Å². The highest BCUT2D eigenvalue weighted by atomic mass is 16.4. The van der Waals surface area contributed by atoms with Crippen molar-refractivity contribution in [3.8, 4) is 0 Å². The van der Waals surface area contributed by atoms with Gasteiger partial charge in [-0.3, -0.25) is 0 Å². The minimum atomic E-state index is -0.999. The van der Waals surface area contributed by atoms with Gasteiger partial charge in [0.05, 0.1) is 11.3 Å². The highest BCUT2D eigenvalue weighted by Gasteiger charge is 2.10. The largest absolute Gasteiger partial charge is 0.478 e. The highest BCUT2D eigenvalue weighted by Crippen LogP contribution is 2.07. The van der Waals surface area contributed by atoms with Crippen LogP contribution >= 0.6 is 0 Å². The third-order valence-electron chi connectivity index (χ3n) is 3.30. The van der Waals surface area contributed by atoms with Crippen LogP contribution in [-0.4, -0.2) is 52.1 Å². The molecule has 0 fully saturated rings. The fourth-order valence-electron chi connectivity index (χ4n) is 1.64. The first-order chi connectivity index (χ1) is 8.95. The van der Waals surface area contributed by atoms with Gasteiger partial charge in [0, 0.05) is 25.3 Å². The SMILES string of the molecule is CCC(C)N(C)CCNc1ncc(C(=O)O)c(C)n1. The average molecular weight is 266 g/mol. The van der Waals surface area contributed by atoms with E-state index in [4.69, 9.17) is 5.11 Å². The van der Waals surface area contributed by atoms with E-state index in [1.807, 2.05) is 0 Å². The zero-order valence-corrected chi connectivity index (χ0v) is 12.0. The minimum absolute atomic E-state index is 0.141. The van der Waals surface area contributed by atoms with Crippen LogP contribution in [0.3, 0.4) is 0 Å². The lowest BCUT2D eigenvalue weighted by molar-refractivity contribution is 0.0695. The first kappa shape index (κ1) is 15.4. The van der Waals surface area contributed by atoms with E-state index < -0.39 is 5.97 Å². The van der Waals surface area contributed by atoms with Gasteiger partial charge in [-0.05, 0) is 27.3 Å². The quantitative estimate of drug-likeness (QED) is 0.781. The number of hydrogen-bond acceptors (Lipinski definition) is 5. The molecule has 0 saturated carbocycles. The predicted molar refractivity (Wildman–Crippen MR) is 74.6 cm³/mol. The zero-order valence-electron chi connectivity index (χ0n) is 12.0. The summed E-state index contributed by atoms with van der Waals surface area (Å²) in [5.41, 5.74) is 0.613. The molecule has 1 aromatic rings. The van der Waals surface area contributed by atoms with Crippen LogP contribution in [0.5, 0.6) is 0 Å². The maximum Gasteiger partial charge on any atom is 0.339 e. The van der Waals surface area contributed by atoms with Crippen molar-refractivity contribution in [3.63, 3.8) is 0 Å². The molecule has 6 nitrogen and oxygen atoms in total. The lowest BCUT2D eigenvalue weighted by Crippen LogP contribution is -2.32. The van der Waals surface area contributed by atoms with Gasteiger partial charge in [-0.2, -0.15) is 0 Å². The summed E-state index contributed by atoms with van der Waals surface area (Å²) in [5, 5.41) is 12.0. The number of nitrogens with zero attached hydrogens (tertiary/aromatic N) is 3. The molecule has 1 aromatic heterocycles. The van der Waals surface area contributed by atoms with Crippen molar-refractivity contribution < 1.29 is 9.90 Å². The molecule has 0 aromatic carbocycles. The van der Waals surface area contributed by atoms with Crippen LogP contribution in [0.25, 0.3) is 0 Å². The van der Waals surface area contributed by atoms with E-state index in [1.165, 1.54) is 6.20 Å². The molecule has 0 aliphatic carbocycles. The first-order valence-electron chi connectivity index (χ1n) is 6.46. The molecule has 2 N–H and O–H groups in total. The Bertz CT molecular complexity index is 437. The molecule has 19 heavy (non-hydrogen) atoms. The molecule has 1 heterocycles. The van der Waals surface area contributed by atoms with Crippen molar-refractivity contribution in [2.45, 2.75) is 33.2 Å². The molecule has 0 aliphatic rings. The molecule has 0 bridgehead atoms. The van der Waals surface area contributed by atoms with E-state index in [1.54, 1.807) is 6.92 Å². The average Bonchev–Trinajstić information content (AvgIpc) is 2.37. The summed E-state index contributed by atoms with van der Waals surface area (Å²) in [5.74, 6) is -0.527. The fourth-order valence-corrected chi connectivity index (χ4v) is 1.64. The Hall–Kier alpha value is -1.69. The Labute approximate surface area is 113 Å². The van der Waals surface area contributed by atoms with Crippen LogP contribution in [0.15, 0.2) is 6.20 Å². The summed E-state index contributed by atoms with van der Waals surface area (Å²) in [7, 11) is 2.08. The molecule has 6 heteroatoms. The molecule has 1 unspecified atom stereocenters. The van der Waals surface area contributed by atoms with Crippen LogP contribution in [0.4, 0.5) is 5.95 Å². The van der Waals surface area contributed by atoms with Crippen molar-refractivity contribution in [3.05, 3.63) is 17.5 Å². The lowest BCUT2D eigenvalue weighted by Gasteiger charge is -2.23. The van der Waals surface area contributed by atoms with Gasteiger partial charge in [0.1, 0.15) is 0 Å². The van der Waals surface area contributed by atoms with Crippen molar-refractivity contribution in [1.29, 1.82) is 0 Å². The molecule has 0 radical (unpaired) electrons. The zero-order chi connectivity index (χ0) is 14.4. The third-order valence-corrected chi connectivity index (χ3v) is 3.30. The third kappa shape index (κ3) is 4.48. The van der Waals surface area contributed by atoms with Crippen molar-refractivity contribution in [2.75, 3.05) is 25.5 Å². The molecule has 0 saturated heterocycles. The summed E-state index contributed by atoms with van der Waals surface area (Å²) in [4.78, 5) is 21.2. The second-order valence-corrected chi connectivity index (χ2v) is 4.66. The maximum atomic E-state index is 10.8. The number of carbonyl (C=O) groups is 1. The summed E-state index contributed by atoms with van der Waals surface area (Å²) in [6.45, 7) is 7.63. The number of carboxylic acid groups (broad SMARTS) is 1. The Morgan fingerprint density at radius 2 is 2.26 bits per heavy atom. The number of aromatic carboxylic acids is 1. The van der Waals surface area contributed by atoms with Crippen LogP contribution in [0.2, 0.25) is 0 Å². The van der Waals surface area contributed by atoms with Crippen molar-refractivity contribution >= 4 is 11.9 Å². The number of carboxylic acids is 1. The van der Waals surface area contributed by atoms with Crippen LogP contribution in [0, 0.1) is 6.92 Å². The van der Waals surface area contributed by atoms with Crippen LogP contribution < -0.4 is 5.32 Å². The van der Waals surface area contributed by atoms with Gasteiger partial charge < -0.3 is 15.3 Å². The van der Waals surface area contributed by atoms with Gasteiger partial charge in [0.15, 0.2) is 0 Å². The smallest absolute Gasteiger partial charge is 0.339 e. The summed E-state index contributed by atoms with van der Waals surface area (Å²) >= 11 is 0. The molecule has 1 atom stereocenters. The van der Waals surface area contributed by atoms with Gasteiger partial charge in [0.2, 0.25) is 5.95 Å². The molecular weight excluding hydrogens is 244 g/mol. The number of likely N-dealkylation sites (N-methyl/N-ethyl adjacent to an activating group) is 1. The fraction of sp³-hybridized carbons (Fsp3) is 0.615. The number of nitrogens with one attached hydrogen (secondary N) is 1. The van der Waals surface area contributed by atoms with E-state index >= 15 is 0 Å². The van der Waals surface area contributed by atoms with E-state index in [9.17, 15) is 4.79 Å². The number of anilines is 1. The molecular formula is C13H22N4O2. The standard InChI is InChI=1S/C13H22N4O2/c1-5-9(2)17(4)7-6-14-13-15-8-11(12(18)19)10(3)16-13/h8-9H,5-7H2,1-4H3,(H,18,19)(H,14,15,16). The number of rotatable bonds is 7. The van der Waals surface area contributed by atoms with E-state index in [0.29, 0.717) is 17.7 Å². The molecule has 0 amide bonds. The number of hydrogen-bond donors (Lipinski definition) is 2. The Kier molecular flexibility index (Phi) is 5.69. The van der Waals surface area contributed by atoms with Crippen LogP contribution in [-0.2, 0) is 0 Å². The van der Waals surface area contributed by atoms with Gasteiger partial charge in [-0.15, -0.1) is 0 Å². The predicted octanol–water partition coefficient (Wildman–Crippen LogP) is 1.63. The summed E-state index contributed by atoms with van der Waals surface area (Å²) < 4.78 is 0. The lowest BCUT2D eigenvalue weighted by atomic mass is 10.2. The normalized spacial score (nSPS) is 12.5. The number of aromatic nitrogens is 2. The van der Waals surface area contributed by atoms with Gasteiger partial charge in [0.25, 0.3) is 0 Å². The van der Waals surface area contributed by atoms with Gasteiger partial charge >= 0.3 is 5.97 Å². The minimum Gasteiger partial charge on any atom is -0.478 e.